The maximum Gasteiger partial charge on any atom is 0.263 e. The number of nitrogens with two attached hydrogens (primary N) is 1. The van der Waals surface area contributed by atoms with Crippen molar-refractivity contribution in [1.29, 1.82) is 5.26 Å². The van der Waals surface area contributed by atoms with E-state index in [2.05, 4.69) is 15.3 Å². The van der Waals surface area contributed by atoms with E-state index in [4.69, 9.17) is 5.73 Å². The van der Waals surface area contributed by atoms with Crippen LogP contribution in [-0.4, -0.2) is 14.4 Å². The third kappa shape index (κ3) is 3.69. The van der Waals surface area contributed by atoms with E-state index < -0.39 is 11.9 Å². The molecule has 0 bridgehead atoms. The molecule has 0 aliphatic carbocycles. The lowest BCUT2D eigenvalue weighted by Gasteiger charge is -2.20. The number of nitrogens with zero attached hydrogens (tertiary/aromatic N) is 4. The van der Waals surface area contributed by atoms with Crippen LogP contribution in [0.2, 0.25) is 0 Å². The molecule has 154 valence electrons. The number of halogens is 1. The van der Waals surface area contributed by atoms with Gasteiger partial charge >= 0.3 is 0 Å². The first kappa shape index (κ1) is 20.0. The molecular weight excluding hydrogens is 395 g/mol. The third-order valence-corrected chi connectivity index (χ3v) is 5.08. The molecule has 0 aliphatic rings. The minimum atomic E-state index is -0.501. The monoisotopic (exact) mass is 414 g/mol. The fourth-order valence-electron chi connectivity index (χ4n) is 3.59. The van der Waals surface area contributed by atoms with E-state index in [0.29, 0.717) is 16.6 Å². The average molecular weight is 414 g/mol. The molecule has 1 atom stereocenters. The minimum Gasteiger partial charge on any atom is -0.382 e. The Hall–Kier alpha value is -4.25. The lowest BCUT2D eigenvalue weighted by Crippen LogP contribution is -2.21. The number of nitriles is 1. The van der Waals surface area contributed by atoms with Gasteiger partial charge in [0, 0.05) is 11.7 Å². The summed E-state index contributed by atoms with van der Waals surface area (Å²) in [5.74, 6) is -0.156. The maximum atomic E-state index is 13.9. The van der Waals surface area contributed by atoms with Gasteiger partial charge in [0.2, 0.25) is 0 Å². The van der Waals surface area contributed by atoms with E-state index in [1.165, 1.54) is 23.0 Å². The lowest BCUT2D eigenvalue weighted by atomic mass is 9.95. The first-order valence-corrected chi connectivity index (χ1v) is 9.58. The first-order chi connectivity index (χ1) is 14.9. The van der Waals surface area contributed by atoms with Crippen molar-refractivity contribution in [2.75, 3.05) is 11.1 Å². The number of fused-ring (bicyclic) bond motifs is 1. The molecule has 8 heteroatoms. The van der Waals surface area contributed by atoms with Crippen LogP contribution in [0.1, 0.15) is 29.7 Å². The number of nitrogen functional groups attached to an aromatic ring is 1. The van der Waals surface area contributed by atoms with Gasteiger partial charge in [-0.3, -0.25) is 9.20 Å². The zero-order valence-electron chi connectivity index (χ0n) is 16.9. The van der Waals surface area contributed by atoms with Crippen LogP contribution in [0.25, 0.3) is 16.6 Å². The molecule has 3 aromatic heterocycles. The van der Waals surface area contributed by atoms with Gasteiger partial charge in [-0.2, -0.15) is 5.26 Å². The molecule has 0 saturated carbocycles. The van der Waals surface area contributed by atoms with Gasteiger partial charge in [0.1, 0.15) is 35.4 Å². The SMILES string of the molecule is Cc1cccc(-c2c([C@H](C)Nc3ncnc(N)c3C#N)cc3ccc(F)cn3c2=O)c1. The van der Waals surface area contributed by atoms with Crippen molar-refractivity contribution in [3.05, 3.63) is 87.9 Å². The van der Waals surface area contributed by atoms with Gasteiger partial charge in [-0.05, 0) is 43.2 Å². The highest BCUT2D eigenvalue weighted by Crippen LogP contribution is 2.30. The van der Waals surface area contributed by atoms with Gasteiger partial charge < -0.3 is 11.1 Å². The zero-order chi connectivity index (χ0) is 22.1. The number of benzene rings is 1. The molecule has 0 spiro atoms. The summed E-state index contributed by atoms with van der Waals surface area (Å²) in [6, 6.07) is 13.8. The van der Waals surface area contributed by atoms with E-state index in [1.54, 1.807) is 6.07 Å². The molecule has 7 nitrogen and oxygen atoms in total. The van der Waals surface area contributed by atoms with E-state index in [9.17, 15) is 14.4 Å². The molecule has 0 saturated heterocycles. The molecule has 0 fully saturated rings. The van der Waals surface area contributed by atoms with E-state index in [-0.39, 0.29) is 22.8 Å². The molecule has 1 aromatic carbocycles. The highest BCUT2D eigenvalue weighted by molar-refractivity contribution is 5.72. The van der Waals surface area contributed by atoms with E-state index in [0.717, 1.165) is 11.1 Å². The summed E-state index contributed by atoms with van der Waals surface area (Å²) in [5, 5.41) is 12.6. The Labute approximate surface area is 177 Å². The van der Waals surface area contributed by atoms with Crippen molar-refractivity contribution in [2.24, 2.45) is 0 Å². The Morgan fingerprint density at radius 1 is 1.23 bits per heavy atom. The number of hydrogen-bond donors (Lipinski definition) is 2. The fourth-order valence-corrected chi connectivity index (χ4v) is 3.59. The normalized spacial score (nSPS) is 11.8. The number of aromatic nitrogens is 3. The van der Waals surface area contributed by atoms with Crippen molar-refractivity contribution in [3.8, 4) is 17.2 Å². The summed E-state index contributed by atoms with van der Waals surface area (Å²) in [5.41, 5.74) is 8.96. The molecule has 4 rings (SSSR count). The van der Waals surface area contributed by atoms with Gasteiger partial charge in [-0.1, -0.05) is 29.8 Å². The molecule has 0 aliphatic heterocycles. The number of rotatable bonds is 4. The second kappa shape index (κ2) is 7.88. The largest absolute Gasteiger partial charge is 0.382 e. The van der Waals surface area contributed by atoms with E-state index >= 15 is 0 Å². The maximum absolute atomic E-state index is 13.9. The zero-order valence-corrected chi connectivity index (χ0v) is 16.9. The average Bonchev–Trinajstić information content (AvgIpc) is 2.74. The van der Waals surface area contributed by atoms with Gasteiger partial charge in [-0.15, -0.1) is 0 Å². The number of hydrogen-bond acceptors (Lipinski definition) is 6. The Kier molecular flexibility index (Phi) is 5.09. The van der Waals surface area contributed by atoms with Crippen LogP contribution in [0, 0.1) is 24.1 Å². The molecule has 0 amide bonds. The Morgan fingerprint density at radius 3 is 2.77 bits per heavy atom. The quantitative estimate of drug-likeness (QED) is 0.525. The summed E-state index contributed by atoms with van der Waals surface area (Å²) in [6.45, 7) is 3.79. The Morgan fingerprint density at radius 2 is 2.03 bits per heavy atom. The Balaban J connectivity index is 1.93. The molecular formula is C23H19FN6O. The van der Waals surface area contributed by atoms with Gasteiger partial charge in [0.25, 0.3) is 5.56 Å². The molecule has 4 aromatic rings. The number of anilines is 2. The first-order valence-electron chi connectivity index (χ1n) is 9.58. The summed E-state index contributed by atoms with van der Waals surface area (Å²) in [7, 11) is 0. The van der Waals surface area contributed by atoms with Crippen molar-refractivity contribution in [1.82, 2.24) is 14.4 Å². The predicted molar refractivity (Wildman–Crippen MR) is 117 cm³/mol. The van der Waals surface area contributed by atoms with Crippen LogP contribution in [-0.2, 0) is 0 Å². The lowest BCUT2D eigenvalue weighted by molar-refractivity contribution is 0.618. The number of aryl methyl sites for hydroxylation is 1. The van der Waals surface area contributed by atoms with Crippen molar-refractivity contribution >= 4 is 17.2 Å². The van der Waals surface area contributed by atoms with Crippen LogP contribution in [0.5, 0.6) is 0 Å². The molecule has 3 heterocycles. The molecule has 0 unspecified atom stereocenters. The second-order valence-electron chi connectivity index (χ2n) is 7.25. The van der Waals surface area contributed by atoms with Crippen molar-refractivity contribution in [3.63, 3.8) is 0 Å². The van der Waals surface area contributed by atoms with Gasteiger partial charge in [-0.25, -0.2) is 14.4 Å². The number of pyridine rings is 2. The Bertz CT molecular complexity index is 1410. The topological polar surface area (TPSA) is 109 Å². The van der Waals surface area contributed by atoms with Crippen LogP contribution < -0.4 is 16.6 Å². The molecule has 31 heavy (non-hydrogen) atoms. The minimum absolute atomic E-state index is 0.0696. The van der Waals surface area contributed by atoms with Crippen LogP contribution >= 0.6 is 0 Å². The summed E-state index contributed by atoms with van der Waals surface area (Å²) >= 11 is 0. The highest BCUT2D eigenvalue weighted by atomic mass is 19.1. The smallest absolute Gasteiger partial charge is 0.263 e. The van der Waals surface area contributed by atoms with Crippen LogP contribution in [0.4, 0.5) is 16.0 Å². The second-order valence-corrected chi connectivity index (χ2v) is 7.25. The molecule has 0 radical (unpaired) electrons. The van der Waals surface area contributed by atoms with Gasteiger partial charge in [0.05, 0.1) is 11.6 Å². The summed E-state index contributed by atoms with van der Waals surface area (Å²) in [6.07, 6.45) is 2.45. The van der Waals surface area contributed by atoms with Gasteiger partial charge in [0.15, 0.2) is 0 Å². The number of nitrogens with one attached hydrogen (secondary N) is 1. The standard InChI is InChI=1S/C23H19FN6O/c1-13-4-3-5-15(8-13)20-18(9-17-7-6-16(24)11-30(17)23(20)31)14(2)29-22-19(10-25)21(26)27-12-28-22/h3-9,11-12,14H,1-2H3,(H3,26,27,28,29)/t14-/m0/s1. The van der Waals surface area contributed by atoms with Crippen LogP contribution in [0.3, 0.4) is 0 Å². The van der Waals surface area contributed by atoms with Crippen LogP contribution in [0.15, 0.2) is 59.8 Å². The van der Waals surface area contributed by atoms with Crippen molar-refractivity contribution in [2.45, 2.75) is 19.9 Å². The molecule has 3 N–H and O–H groups in total. The highest BCUT2D eigenvalue weighted by Gasteiger charge is 2.20. The van der Waals surface area contributed by atoms with E-state index in [1.807, 2.05) is 50.2 Å². The fraction of sp³-hybridized carbons (Fsp3) is 0.130. The van der Waals surface area contributed by atoms with Crippen molar-refractivity contribution < 1.29 is 4.39 Å². The summed E-state index contributed by atoms with van der Waals surface area (Å²) < 4.78 is 15.2. The third-order valence-electron chi connectivity index (χ3n) is 5.08. The summed E-state index contributed by atoms with van der Waals surface area (Å²) in [4.78, 5) is 21.4. The predicted octanol–water partition coefficient (Wildman–Crippen LogP) is 3.83.